The molecule has 2 aromatic heterocycles. The van der Waals surface area contributed by atoms with Gasteiger partial charge in [-0.3, -0.25) is 5.10 Å². The van der Waals surface area contributed by atoms with Crippen molar-refractivity contribution in [3.8, 4) is 0 Å². The fourth-order valence-electron chi connectivity index (χ4n) is 1.09. The summed E-state index contributed by atoms with van der Waals surface area (Å²) < 4.78 is 0. The fourth-order valence-corrected chi connectivity index (χ4v) is 1.09. The van der Waals surface area contributed by atoms with Crippen molar-refractivity contribution in [3.05, 3.63) is 29.3 Å². The lowest BCUT2D eigenvalue weighted by Crippen LogP contribution is -2.06. The molecule has 0 fully saturated rings. The Morgan fingerprint density at radius 2 is 2.13 bits per heavy atom. The van der Waals surface area contributed by atoms with Gasteiger partial charge in [-0.05, 0) is 13.8 Å². The van der Waals surface area contributed by atoms with Crippen molar-refractivity contribution >= 4 is 5.95 Å². The first-order valence-corrected chi connectivity index (χ1v) is 4.65. The van der Waals surface area contributed by atoms with E-state index in [1.807, 2.05) is 20.0 Å². The number of aryl methyl sites for hydroxylation is 2. The smallest absolute Gasteiger partial charge is 0.243 e. The van der Waals surface area contributed by atoms with E-state index in [2.05, 4.69) is 30.7 Å². The number of anilines is 1. The van der Waals surface area contributed by atoms with Crippen LogP contribution in [0.3, 0.4) is 0 Å². The molecule has 0 aliphatic heterocycles. The summed E-state index contributed by atoms with van der Waals surface area (Å²) in [6, 6.07) is 0. The van der Waals surface area contributed by atoms with Gasteiger partial charge in [0.05, 0.1) is 17.6 Å². The third-order valence-corrected chi connectivity index (χ3v) is 2.10. The maximum atomic E-state index is 4.26. The molecule has 0 radical (unpaired) electrons. The third-order valence-electron chi connectivity index (χ3n) is 2.10. The molecule has 78 valence electrons. The van der Waals surface area contributed by atoms with E-state index in [0.717, 1.165) is 17.0 Å². The van der Waals surface area contributed by atoms with Crippen LogP contribution in [0.1, 0.15) is 17.0 Å². The molecule has 6 nitrogen and oxygen atoms in total. The van der Waals surface area contributed by atoms with E-state index in [0.29, 0.717) is 12.5 Å². The highest BCUT2D eigenvalue weighted by Crippen LogP contribution is 2.03. The van der Waals surface area contributed by atoms with E-state index >= 15 is 0 Å². The van der Waals surface area contributed by atoms with Crippen LogP contribution < -0.4 is 5.32 Å². The van der Waals surface area contributed by atoms with Gasteiger partial charge in [0.25, 0.3) is 0 Å². The lowest BCUT2D eigenvalue weighted by Gasteiger charge is -2.03. The summed E-state index contributed by atoms with van der Waals surface area (Å²) in [6.07, 6.45) is 3.57. The van der Waals surface area contributed by atoms with Gasteiger partial charge in [-0.1, -0.05) is 0 Å². The van der Waals surface area contributed by atoms with Crippen LogP contribution in [0.4, 0.5) is 5.95 Å². The Labute approximate surface area is 87.2 Å². The van der Waals surface area contributed by atoms with Crippen molar-refractivity contribution < 1.29 is 0 Å². The second kappa shape index (κ2) is 4.04. The van der Waals surface area contributed by atoms with Crippen molar-refractivity contribution in [2.75, 3.05) is 5.32 Å². The summed E-state index contributed by atoms with van der Waals surface area (Å²) in [6.45, 7) is 4.43. The van der Waals surface area contributed by atoms with E-state index in [-0.39, 0.29) is 0 Å². The minimum atomic E-state index is 0.541. The van der Waals surface area contributed by atoms with Crippen molar-refractivity contribution in [2.24, 2.45) is 0 Å². The average molecular weight is 204 g/mol. The molecule has 15 heavy (non-hydrogen) atoms. The number of aromatic nitrogens is 5. The highest BCUT2D eigenvalue weighted by molar-refractivity contribution is 5.26. The van der Waals surface area contributed by atoms with Crippen LogP contribution in [-0.4, -0.2) is 25.4 Å². The van der Waals surface area contributed by atoms with Gasteiger partial charge in [0.1, 0.15) is 0 Å². The zero-order valence-corrected chi connectivity index (χ0v) is 8.65. The van der Waals surface area contributed by atoms with Crippen molar-refractivity contribution in [1.29, 1.82) is 0 Å². The van der Waals surface area contributed by atoms with Crippen LogP contribution in [0.5, 0.6) is 0 Å². The Bertz CT molecular complexity index is 436. The van der Waals surface area contributed by atoms with Crippen LogP contribution in [0, 0.1) is 13.8 Å². The van der Waals surface area contributed by atoms with Gasteiger partial charge in [0.2, 0.25) is 5.95 Å². The first-order chi connectivity index (χ1) is 7.25. The zero-order chi connectivity index (χ0) is 10.7. The van der Waals surface area contributed by atoms with Gasteiger partial charge < -0.3 is 5.32 Å². The molecule has 6 heteroatoms. The molecule has 2 heterocycles. The Hall–Kier alpha value is -1.98. The number of hydrogen-bond acceptors (Lipinski definition) is 5. The lowest BCUT2D eigenvalue weighted by atomic mass is 10.3. The molecule has 0 bridgehead atoms. The SMILES string of the molecule is Cc1nnc(NCc2cn[nH]c2)nc1C. The Morgan fingerprint density at radius 3 is 2.80 bits per heavy atom. The standard InChI is InChI=1S/C9H12N6/c1-6-7(2)14-15-9(13-6)10-3-8-4-11-12-5-8/h4-5H,3H2,1-2H3,(H,11,12)(H,10,13,15). The van der Waals surface area contributed by atoms with E-state index in [1.54, 1.807) is 6.20 Å². The average Bonchev–Trinajstić information content (AvgIpc) is 2.73. The Morgan fingerprint density at radius 1 is 1.27 bits per heavy atom. The summed E-state index contributed by atoms with van der Waals surface area (Å²) in [4.78, 5) is 4.26. The second-order valence-corrected chi connectivity index (χ2v) is 3.27. The van der Waals surface area contributed by atoms with Gasteiger partial charge in [-0.15, -0.1) is 5.10 Å². The molecule has 0 aliphatic rings. The summed E-state index contributed by atoms with van der Waals surface area (Å²) in [5.74, 6) is 0.541. The molecule has 2 N–H and O–H groups in total. The monoisotopic (exact) mass is 204 g/mol. The van der Waals surface area contributed by atoms with E-state index < -0.39 is 0 Å². The summed E-state index contributed by atoms with van der Waals surface area (Å²) >= 11 is 0. The number of H-pyrrole nitrogens is 1. The van der Waals surface area contributed by atoms with Crippen LogP contribution in [0.15, 0.2) is 12.4 Å². The zero-order valence-electron chi connectivity index (χ0n) is 8.65. The maximum Gasteiger partial charge on any atom is 0.243 e. The van der Waals surface area contributed by atoms with Gasteiger partial charge in [0, 0.05) is 18.3 Å². The number of aromatic amines is 1. The number of hydrogen-bond donors (Lipinski definition) is 2. The van der Waals surface area contributed by atoms with Gasteiger partial charge in [0.15, 0.2) is 0 Å². The topological polar surface area (TPSA) is 79.4 Å². The number of rotatable bonds is 3. The molecule has 0 saturated heterocycles. The predicted octanol–water partition coefficient (Wildman–Crippen LogP) is 0.824. The van der Waals surface area contributed by atoms with Crippen molar-refractivity contribution in [3.63, 3.8) is 0 Å². The summed E-state index contributed by atoms with van der Waals surface area (Å²) in [7, 11) is 0. The Kier molecular flexibility index (Phi) is 2.57. The third kappa shape index (κ3) is 2.28. The highest BCUT2D eigenvalue weighted by atomic mass is 15.2. The van der Waals surface area contributed by atoms with Crippen molar-refractivity contribution in [2.45, 2.75) is 20.4 Å². The van der Waals surface area contributed by atoms with Crippen LogP contribution in [0.25, 0.3) is 0 Å². The molecule has 2 aromatic rings. The fraction of sp³-hybridized carbons (Fsp3) is 0.333. The first-order valence-electron chi connectivity index (χ1n) is 4.65. The molecular weight excluding hydrogens is 192 g/mol. The number of nitrogens with zero attached hydrogens (tertiary/aromatic N) is 4. The Balaban J connectivity index is 2.02. The van der Waals surface area contributed by atoms with Gasteiger partial charge in [-0.2, -0.15) is 10.2 Å². The second-order valence-electron chi connectivity index (χ2n) is 3.27. The predicted molar refractivity (Wildman–Crippen MR) is 55.2 cm³/mol. The van der Waals surface area contributed by atoms with Gasteiger partial charge >= 0.3 is 0 Å². The summed E-state index contributed by atoms with van der Waals surface area (Å²) in [5.41, 5.74) is 2.79. The molecule has 0 saturated carbocycles. The maximum absolute atomic E-state index is 4.26. The normalized spacial score (nSPS) is 10.3. The molecule has 2 rings (SSSR count). The minimum Gasteiger partial charge on any atom is -0.349 e. The van der Waals surface area contributed by atoms with E-state index in [9.17, 15) is 0 Å². The molecule has 0 atom stereocenters. The van der Waals surface area contributed by atoms with Crippen LogP contribution in [0.2, 0.25) is 0 Å². The largest absolute Gasteiger partial charge is 0.349 e. The molecule has 0 unspecified atom stereocenters. The summed E-state index contributed by atoms with van der Waals surface area (Å²) in [5, 5.41) is 17.6. The number of nitrogens with one attached hydrogen (secondary N) is 2. The van der Waals surface area contributed by atoms with Crippen molar-refractivity contribution in [1.82, 2.24) is 25.4 Å². The highest BCUT2D eigenvalue weighted by Gasteiger charge is 2.01. The first kappa shape index (κ1) is 9.57. The molecule has 0 amide bonds. The van der Waals surface area contributed by atoms with E-state index in [4.69, 9.17) is 0 Å². The quantitative estimate of drug-likeness (QED) is 0.773. The molecular formula is C9H12N6. The lowest BCUT2D eigenvalue weighted by molar-refractivity contribution is 0.885. The van der Waals surface area contributed by atoms with E-state index in [1.165, 1.54) is 0 Å². The molecule has 0 aromatic carbocycles. The minimum absolute atomic E-state index is 0.541. The van der Waals surface area contributed by atoms with Crippen LogP contribution >= 0.6 is 0 Å². The van der Waals surface area contributed by atoms with Gasteiger partial charge in [-0.25, -0.2) is 4.98 Å². The van der Waals surface area contributed by atoms with Crippen LogP contribution in [-0.2, 0) is 6.54 Å². The molecule has 0 aliphatic carbocycles. The molecule has 0 spiro atoms.